The lowest BCUT2D eigenvalue weighted by molar-refractivity contribution is 0.116. The molecule has 0 radical (unpaired) electrons. The summed E-state index contributed by atoms with van der Waals surface area (Å²) in [5, 5.41) is 20.2. The van der Waals surface area contributed by atoms with E-state index < -0.39 is 0 Å². The second-order valence-corrected chi connectivity index (χ2v) is 13.7. The van der Waals surface area contributed by atoms with E-state index in [-0.39, 0.29) is 23.0 Å². The summed E-state index contributed by atoms with van der Waals surface area (Å²) in [7, 11) is 0. The van der Waals surface area contributed by atoms with E-state index in [9.17, 15) is 10.2 Å². The Morgan fingerprint density at radius 1 is 0.548 bits per heavy atom. The Balaban J connectivity index is 1.90. The van der Waals surface area contributed by atoms with Gasteiger partial charge < -0.3 is 10.2 Å². The van der Waals surface area contributed by atoms with Crippen LogP contribution in [0, 0.1) is 10.8 Å². The summed E-state index contributed by atoms with van der Waals surface area (Å²) in [6.45, 7) is 21.6. The second kappa shape index (κ2) is 16.1. The third-order valence-corrected chi connectivity index (χ3v) is 8.24. The van der Waals surface area contributed by atoms with Crippen LogP contribution in [-0.4, -0.2) is 22.4 Å². The summed E-state index contributed by atoms with van der Waals surface area (Å²) < 4.78 is 0. The Labute approximate surface area is 257 Å². The van der Waals surface area contributed by atoms with Crippen molar-refractivity contribution in [3.8, 4) is 0 Å². The van der Waals surface area contributed by atoms with Crippen LogP contribution in [-0.2, 0) is 0 Å². The minimum Gasteiger partial charge on any atom is -0.393 e. The van der Waals surface area contributed by atoms with Crippen molar-refractivity contribution >= 4 is 0 Å². The lowest BCUT2D eigenvalue weighted by Crippen LogP contribution is -2.28. The van der Waals surface area contributed by atoms with Crippen LogP contribution < -0.4 is 0 Å². The molecule has 0 amide bonds. The van der Waals surface area contributed by atoms with Crippen LogP contribution in [0.4, 0.5) is 0 Å². The summed E-state index contributed by atoms with van der Waals surface area (Å²) in [6.07, 6.45) is 32.6. The molecule has 0 unspecified atom stereocenters. The van der Waals surface area contributed by atoms with Crippen molar-refractivity contribution in [1.29, 1.82) is 0 Å². The molecule has 2 aliphatic rings. The molecule has 0 aromatic heterocycles. The third kappa shape index (κ3) is 11.7. The summed E-state index contributed by atoms with van der Waals surface area (Å²) >= 11 is 0. The molecule has 2 aliphatic carbocycles. The minimum absolute atomic E-state index is 0.00547. The van der Waals surface area contributed by atoms with Gasteiger partial charge in [-0.05, 0) is 89.2 Å². The van der Waals surface area contributed by atoms with Crippen LogP contribution in [0.5, 0.6) is 0 Å². The molecule has 0 aliphatic heterocycles. The number of hydrogen-bond acceptors (Lipinski definition) is 2. The summed E-state index contributed by atoms with van der Waals surface area (Å²) in [4.78, 5) is 0. The quantitative estimate of drug-likeness (QED) is 0.257. The van der Waals surface area contributed by atoms with Gasteiger partial charge in [0.05, 0.1) is 12.2 Å². The van der Waals surface area contributed by atoms with Crippen LogP contribution >= 0.6 is 0 Å². The highest BCUT2D eigenvalue weighted by atomic mass is 16.3. The molecule has 0 aromatic carbocycles. The Kier molecular flexibility index (Phi) is 13.5. The number of aliphatic hydroxyl groups is 2. The van der Waals surface area contributed by atoms with Gasteiger partial charge in [0.1, 0.15) is 0 Å². The second-order valence-electron chi connectivity index (χ2n) is 13.7. The van der Waals surface area contributed by atoms with Gasteiger partial charge in [0.25, 0.3) is 0 Å². The summed E-state index contributed by atoms with van der Waals surface area (Å²) in [6, 6.07) is 0. The van der Waals surface area contributed by atoms with Gasteiger partial charge in [0, 0.05) is 0 Å². The maximum atomic E-state index is 10.1. The van der Waals surface area contributed by atoms with Crippen molar-refractivity contribution in [3.05, 3.63) is 130 Å². The SMILES string of the molecule is CC1=C(\C=C/C(C)=C\C=C/C(C)=C/C=C/C=C(C)/C=C/C=C(C)\C=C/C2=C(C)C[C@@H](O)CC2(C)C)C(C)(C)C[C@H](O)C1. The predicted molar refractivity (Wildman–Crippen MR) is 184 cm³/mol. The normalized spacial score (nSPS) is 25.0. The Morgan fingerprint density at radius 3 is 1.19 bits per heavy atom. The first kappa shape index (κ1) is 35.3. The monoisotopic (exact) mass is 568 g/mol. The number of rotatable bonds is 10. The lowest BCUT2D eigenvalue weighted by atomic mass is 9.71. The van der Waals surface area contributed by atoms with E-state index in [1.165, 1.54) is 44.6 Å². The summed E-state index contributed by atoms with van der Waals surface area (Å²) in [5.74, 6) is 0. The first-order valence-corrected chi connectivity index (χ1v) is 15.5. The fraction of sp³-hybridized carbons (Fsp3) is 0.450. The first-order valence-electron chi connectivity index (χ1n) is 15.5. The van der Waals surface area contributed by atoms with Crippen molar-refractivity contribution in [3.63, 3.8) is 0 Å². The fourth-order valence-corrected chi connectivity index (χ4v) is 6.13. The predicted octanol–water partition coefficient (Wildman–Crippen LogP) is 10.5. The van der Waals surface area contributed by atoms with E-state index in [4.69, 9.17) is 0 Å². The molecular formula is C40H56O2. The first-order chi connectivity index (χ1) is 19.6. The largest absolute Gasteiger partial charge is 0.393 e. The van der Waals surface area contributed by atoms with Crippen molar-refractivity contribution in [2.75, 3.05) is 0 Å². The Morgan fingerprint density at radius 2 is 0.857 bits per heavy atom. The molecular weight excluding hydrogens is 512 g/mol. The van der Waals surface area contributed by atoms with Crippen LogP contribution in [0.3, 0.4) is 0 Å². The molecule has 2 N–H and O–H groups in total. The minimum atomic E-state index is -0.227. The molecule has 0 saturated heterocycles. The van der Waals surface area contributed by atoms with E-state index in [1.807, 2.05) is 0 Å². The molecule has 0 spiro atoms. The van der Waals surface area contributed by atoms with Crippen molar-refractivity contribution < 1.29 is 10.2 Å². The third-order valence-electron chi connectivity index (χ3n) is 8.24. The van der Waals surface area contributed by atoms with Gasteiger partial charge >= 0.3 is 0 Å². The van der Waals surface area contributed by atoms with E-state index in [0.717, 1.165) is 25.7 Å². The maximum absolute atomic E-state index is 10.1. The van der Waals surface area contributed by atoms with Crippen LogP contribution in [0.15, 0.2) is 130 Å². The fourth-order valence-electron chi connectivity index (χ4n) is 6.13. The van der Waals surface area contributed by atoms with Gasteiger partial charge in [-0.25, -0.2) is 0 Å². The van der Waals surface area contributed by atoms with Gasteiger partial charge in [-0.3, -0.25) is 0 Å². The topological polar surface area (TPSA) is 40.5 Å². The van der Waals surface area contributed by atoms with Gasteiger partial charge in [0.2, 0.25) is 0 Å². The maximum Gasteiger partial charge on any atom is 0.0585 e. The number of hydrogen-bond donors (Lipinski definition) is 2. The molecule has 0 bridgehead atoms. The van der Waals surface area contributed by atoms with Gasteiger partial charge in [-0.2, -0.15) is 0 Å². The van der Waals surface area contributed by atoms with Crippen molar-refractivity contribution in [1.82, 2.24) is 0 Å². The molecule has 2 heteroatoms. The van der Waals surface area contributed by atoms with E-state index in [2.05, 4.69) is 154 Å². The zero-order chi connectivity index (χ0) is 31.5. The lowest BCUT2D eigenvalue weighted by Gasteiger charge is -2.35. The van der Waals surface area contributed by atoms with E-state index in [0.29, 0.717) is 0 Å². The van der Waals surface area contributed by atoms with Crippen LogP contribution in [0.2, 0.25) is 0 Å². The molecule has 228 valence electrons. The number of aliphatic hydroxyl groups excluding tert-OH is 2. The van der Waals surface area contributed by atoms with Gasteiger partial charge in [-0.15, -0.1) is 0 Å². The zero-order valence-corrected chi connectivity index (χ0v) is 28.0. The molecule has 0 heterocycles. The molecule has 0 saturated carbocycles. The summed E-state index contributed by atoms with van der Waals surface area (Å²) in [5.41, 5.74) is 10.1. The van der Waals surface area contributed by atoms with Crippen molar-refractivity contribution in [2.45, 2.75) is 107 Å². The molecule has 0 aromatic rings. The molecule has 42 heavy (non-hydrogen) atoms. The highest BCUT2D eigenvalue weighted by Crippen LogP contribution is 2.42. The zero-order valence-electron chi connectivity index (χ0n) is 28.0. The smallest absolute Gasteiger partial charge is 0.0585 e. The average molecular weight is 569 g/mol. The average Bonchev–Trinajstić information content (AvgIpc) is 2.84. The van der Waals surface area contributed by atoms with Crippen LogP contribution in [0.1, 0.15) is 94.9 Å². The highest BCUT2D eigenvalue weighted by Gasteiger charge is 2.32. The molecule has 0 fully saturated rings. The molecule has 2 nitrogen and oxygen atoms in total. The van der Waals surface area contributed by atoms with E-state index >= 15 is 0 Å². The van der Waals surface area contributed by atoms with Gasteiger partial charge in [0.15, 0.2) is 0 Å². The highest BCUT2D eigenvalue weighted by molar-refractivity contribution is 5.39. The molecule has 2 rings (SSSR count). The van der Waals surface area contributed by atoms with E-state index in [1.54, 1.807) is 0 Å². The Hall–Kier alpha value is -2.94. The van der Waals surface area contributed by atoms with Crippen molar-refractivity contribution in [2.24, 2.45) is 10.8 Å². The van der Waals surface area contributed by atoms with Gasteiger partial charge in [-0.1, -0.05) is 146 Å². The number of allylic oxidation sites excluding steroid dienone is 20. The Bertz CT molecular complexity index is 1190. The molecule has 2 atom stereocenters. The van der Waals surface area contributed by atoms with Crippen LogP contribution in [0.25, 0.3) is 0 Å². The standard InChI is InChI=1S/C40H56O2/c1-29(17-13-19-31(3)21-23-37-33(5)25-35(41)27-39(37,7)8)15-11-12-16-30(2)18-14-20-32(4)22-24-38-34(6)26-36(42)28-40(38,9)10/h11-24,35-36,41-42H,25-28H2,1-10H3/b12-11+,17-13-,18-14+,23-21-,24-22-,29-15+,30-16+,31-19-,32-20-/t35-,36-/m1/s1.